The van der Waals surface area contributed by atoms with E-state index in [1.807, 2.05) is 19.9 Å². The summed E-state index contributed by atoms with van der Waals surface area (Å²) in [5, 5.41) is 8.99. The zero-order valence-electron chi connectivity index (χ0n) is 10.5. The molecule has 0 fully saturated rings. The van der Waals surface area contributed by atoms with Crippen LogP contribution in [-0.4, -0.2) is 17.5 Å². The van der Waals surface area contributed by atoms with Crippen molar-refractivity contribution in [1.82, 2.24) is 0 Å². The van der Waals surface area contributed by atoms with Gasteiger partial charge in [-0.25, -0.2) is 4.39 Å². The van der Waals surface area contributed by atoms with Gasteiger partial charge in [-0.15, -0.1) is 11.8 Å². The Hall–Kier alpha value is -0.580. The van der Waals surface area contributed by atoms with E-state index in [0.29, 0.717) is 5.56 Å². The van der Waals surface area contributed by atoms with Crippen LogP contribution in [0.2, 0.25) is 0 Å². The zero-order valence-corrected chi connectivity index (χ0v) is 11.4. The Balaban J connectivity index is 2.92. The van der Waals surface area contributed by atoms with Crippen LogP contribution in [0.4, 0.5) is 4.39 Å². The van der Waals surface area contributed by atoms with Crippen molar-refractivity contribution in [2.24, 2.45) is 11.7 Å². The van der Waals surface area contributed by atoms with Gasteiger partial charge in [0.25, 0.3) is 0 Å². The molecule has 1 aromatic rings. The van der Waals surface area contributed by atoms with Gasteiger partial charge in [0.1, 0.15) is 5.82 Å². The molecule has 2 nitrogen and oxygen atoms in total. The van der Waals surface area contributed by atoms with Gasteiger partial charge in [-0.3, -0.25) is 0 Å². The SMILES string of the molecule is Cc1cc(SCC(C)CO)c(C(C)N)cc1F. The van der Waals surface area contributed by atoms with Crippen LogP contribution in [0, 0.1) is 18.7 Å². The average molecular weight is 257 g/mol. The van der Waals surface area contributed by atoms with Gasteiger partial charge in [-0.1, -0.05) is 6.92 Å². The minimum Gasteiger partial charge on any atom is -0.396 e. The van der Waals surface area contributed by atoms with E-state index in [2.05, 4.69) is 0 Å². The van der Waals surface area contributed by atoms with Crippen molar-refractivity contribution >= 4 is 11.8 Å². The molecule has 0 spiro atoms. The summed E-state index contributed by atoms with van der Waals surface area (Å²) in [4.78, 5) is 1.01. The van der Waals surface area contributed by atoms with Gasteiger partial charge >= 0.3 is 0 Å². The first kappa shape index (κ1) is 14.5. The maximum Gasteiger partial charge on any atom is 0.126 e. The quantitative estimate of drug-likeness (QED) is 0.797. The summed E-state index contributed by atoms with van der Waals surface area (Å²) in [6, 6.07) is 3.17. The summed E-state index contributed by atoms with van der Waals surface area (Å²) in [5.74, 6) is 0.824. The van der Waals surface area contributed by atoms with E-state index < -0.39 is 0 Å². The standard InChI is InChI=1S/C13H20FNOS/c1-8(6-16)7-17-13-4-9(2)12(14)5-11(13)10(3)15/h4-5,8,10,16H,6-7,15H2,1-3H3. The van der Waals surface area contributed by atoms with E-state index in [-0.39, 0.29) is 24.4 Å². The number of aryl methyl sites for hydroxylation is 1. The molecule has 17 heavy (non-hydrogen) atoms. The molecule has 2 atom stereocenters. The number of hydrogen-bond donors (Lipinski definition) is 2. The molecule has 0 radical (unpaired) electrons. The molecule has 2 unspecified atom stereocenters. The Morgan fingerprint density at radius 3 is 2.59 bits per heavy atom. The third-order valence-corrected chi connectivity index (χ3v) is 4.02. The number of benzene rings is 1. The van der Waals surface area contributed by atoms with Gasteiger partial charge in [0.15, 0.2) is 0 Å². The van der Waals surface area contributed by atoms with E-state index in [4.69, 9.17) is 10.8 Å². The lowest BCUT2D eigenvalue weighted by atomic mass is 10.1. The van der Waals surface area contributed by atoms with Crippen molar-refractivity contribution in [1.29, 1.82) is 0 Å². The number of thioether (sulfide) groups is 1. The number of hydrogen-bond acceptors (Lipinski definition) is 3. The normalized spacial score (nSPS) is 14.7. The number of rotatable bonds is 5. The van der Waals surface area contributed by atoms with E-state index >= 15 is 0 Å². The molecule has 0 aliphatic carbocycles. The maximum atomic E-state index is 13.5. The van der Waals surface area contributed by atoms with E-state index in [1.165, 1.54) is 6.07 Å². The van der Waals surface area contributed by atoms with Gasteiger partial charge in [0.2, 0.25) is 0 Å². The van der Waals surface area contributed by atoms with E-state index in [9.17, 15) is 4.39 Å². The molecule has 0 aliphatic rings. The van der Waals surface area contributed by atoms with Crippen molar-refractivity contribution in [3.63, 3.8) is 0 Å². The zero-order chi connectivity index (χ0) is 13.0. The first-order chi connectivity index (χ1) is 7.95. The first-order valence-electron chi connectivity index (χ1n) is 5.75. The number of aliphatic hydroxyl groups excluding tert-OH is 1. The smallest absolute Gasteiger partial charge is 0.126 e. The van der Waals surface area contributed by atoms with Crippen LogP contribution < -0.4 is 5.73 Å². The van der Waals surface area contributed by atoms with E-state index in [0.717, 1.165) is 16.2 Å². The second kappa shape index (κ2) is 6.38. The summed E-state index contributed by atoms with van der Waals surface area (Å²) >= 11 is 1.62. The first-order valence-corrected chi connectivity index (χ1v) is 6.73. The van der Waals surface area contributed by atoms with Crippen LogP contribution >= 0.6 is 11.8 Å². The van der Waals surface area contributed by atoms with E-state index in [1.54, 1.807) is 18.7 Å². The molecule has 0 amide bonds. The predicted molar refractivity (Wildman–Crippen MR) is 70.7 cm³/mol. The molecule has 1 aromatic carbocycles. The average Bonchev–Trinajstić information content (AvgIpc) is 2.29. The Kier molecular flexibility index (Phi) is 5.43. The van der Waals surface area contributed by atoms with Gasteiger partial charge in [-0.05, 0) is 43.0 Å². The van der Waals surface area contributed by atoms with Crippen molar-refractivity contribution in [2.45, 2.75) is 31.7 Å². The third-order valence-electron chi connectivity index (χ3n) is 2.62. The summed E-state index contributed by atoms with van der Waals surface area (Å²) in [6.45, 7) is 5.75. The van der Waals surface area contributed by atoms with Crippen molar-refractivity contribution < 1.29 is 9.50 Å². The molecule has 96 valence electrons. The number of aliphatic hydroxyl groups is 1. The van der Waals surface area contributed by atoms with Crippen LogP contribution in [0.3, 0.4) is 0 Å². The molecule has 0 aliphatic heterocycles. The molecule has 3 N–H and O–H groups in total. The highest BCUT2D eigenvalue weighted by Gasteiger charge is 2.12. The van der Waals surface area contributed by atoms with Crippen LogP contribution in [-0.2, 0) is 0 Å². The van der Waals surface area contributed by atoms with Crippen LogP contribution in [0.25, 0.3) is 0 Å². The highest BCUT2D eigenvalue weighted by molar-refractivity contribution is 7.99. The molecular weight excluding hydrogens is 237 g/mol. The molecule has 0 aromatic heterocycles. The maximum absolute atomic E-state index is 13.5. The summed E-state index contributed by atoms with van der Waals surface area (Å²) in [7, 11) is 0. The lowest BCUT2D eigenvalue weighted by molar-refractivity contribution is 0.250. The van der Waals surface area contributed by atoms with Crippen molar-refractivity contribution in [3.8, 4) is 0 Å². The van der Waals surface area contributed by atoms with Gasteiger partial charge in [0.05, 0.1) is 0 Å². The lowest BCUT2D eigenvalue weighted by Crippen LogP contribution is -2.09. The Bertz CT molecular complexity index is 382. The molecule has 0 heterocycles. The minimum atomic E-state index is -0.211. The molecular formula is C13H20FNOS. The summed E-state index contributed by atoms with van der Waals surface area (Å²) in [5.41, 5.74) is 7.31. The van der Waals surface area contributed by atoms with Crippen LogP contribution in [0.15, 0.2) is 17.0 Å². The Morgan fingerprint density at radius 2 is 2.06 bits per heavy atom. The molecule has 4 heteroatoms. The monoisotopic (exact) mass is 257 g/mol. The second-order valence-electron chi connectivity index (χ2n) is 4.53. The fraction of sp³-hybridized carbons (Fsp3) is 0.538. The van der Waals surface area contributed by atoms with Crippen LogP contribution in [0.1, 0.15) is 31.0 Å². The minimum absolute atomic E-state index is 0.167. The van der Waals surface area contributed by atoms with Crippen molar-refractivity contribution in [2.75, 3.05) is 12.4 Å². The molecule has 0 bridgehead atoms. The molecule has 0 saturated carbocycles. The second-order valence-corrected chi connectivity index (χ2v) is 5.59. The highest BCUT2D eigenvalue weighted by atomic mass is 32.2. The molecule has 0 saturated heterocycles. The lowest BCUT2D eigenvalue weighted by Gasteiger charge is -2.15. The van der Waals surface area contributed by atoms with Gasteiger partial charge in [0, 0.05) is 23.3 Å². The highest BCUT2D eigenvalue weighted by Crippen LogP contribution is 2.30. The number of halogens is 1. The van der Waals surface area contributed by atoms with Gasteiger partial charge < -0.3 is 10.8 Å². The van der Waals surface area contributed by atoms with Gasteiger partial charge in [-0.2, -0.15) is 0 Å². The predicted octanol–water partition coefficient (Wildman–Crippen LogP) is 2.87. The van der Waals surface area contributed by atoms with Crippen molar-refractivity contribution in [3.05, 3.63) is 29.1 Å². The topological polar surface area (TPSA) is 46.2 Å². The third kappa shape index (κ3) is 3.98. The fourth-order valence-electron chi connectivity index (χ4n) is 1.44. The fourth-order valence-corrected chi connectivity index (χ4v) is 2.68. The number of nitrogens with two attached hydrogens (primary N) is 1. The van der Waals surface area contributed by atoms with Crippen LogP contribution in [0.5, 0.6) is 0 Å². The largest absolute Gasteiger partial charge is 0.396 e. The Labute approximate surface area is 106 Å². The summed E-state index contributed by atoms with van der Waals surface area (Å²) in [6.07, 6.45) is 0. The summed E-state index contributed by atoms with van der Waals surface area (Å²) < 4.78 is 13.5. The molecule has 1 rings (SSSR count). The Morgan fingerprint density at radius 1 is 1.41 bits per heavy atom.